The number of amides is 1. The van der Waals surface area contributed by atoms with E-state index < -0.39 is 11.7 Å². The highest BCUT2D eigenvalue weighted by Gasteiger charge is 2.15. The molecule has 25 heavy (non-hydrogen) atoms. The van der Waals surface area contributed by atoms with E-state index in [0.717, 1.165) is 5.69 Å². The first kappa shape index (κ1) is 18.1. The van der Waals surface area contributed by atoms with Crippen LogP contribution in [0.15, 0.2) is 63.9 Å². The van der Waals surface area contributed by atoms with E-state index in [1.165, 1.54) is 12.3 Å². The molecule has 1 amide bonds. The average Bonchev–Trinajstić information content (AvgIpc) is 2.54. The molecule has 0 aliphatic carbocycles. The number of carbonyl (C=O) groups excluding carboxylic acids is 1. The third-order valence-electron chi connectivity index (χ3n) is 2.81. The smallest absolute Gasteiger partial charge is 0.428 e. The van der Waals surface area contributed by atoms with Crippen molar-refractivity contribution in [3.05, 3.63) is 54.1 Å². The molecule has 0 atom stereocenters. The van der Waals surface area contributed by atoms with Crippen molar-refractivity contribution in [1.82, 2.24) is 5.43 Å². The number of carbonyl (C=O) groups is 1. The van der Waals surface area contributed by atoms with E-state index in [9.17, 15) is 9.90 Å². The van der Waals surface area contributed by atoms with Gasteiger partial charge in [-0.15, -0.1) is 0 Å². The molecule has 2 rings (SSSR count). The maximum atomic E-state index is 11.5. The second-order valence-corrected chi connectivity index (χ2v) is 6.15. The van der Waals surface area contributed by atoms with Crippen LogP contribution >= 0.6 is 0 Å². The van der Waals surface area contributed by atoms with Gasteiger partial charge < -0.3 is 9.84 Å². The van der Waals surface area contributed by atoms with Crippen molar-refractivity contribution in [1.29, 1.82) is 0 Å². The van der Waals surface area contributed by atoms with E-state index in [1.54, 1.807) is 32.9 Å². The lowest BCUT2D eigenvalue weighted by molar-refractivity contribution is 0.0529. The second-order valence-electron chi connectivity index (χ2n) is 6.15. The number of aromatic hydroxyl groups is 1. The summed E-state index contributed by atoms with van der Waals surface area (Å²) in [5.74, 6) is 0.00778. The first-order chi connectivity index (χ1) is 11.8. The molecule has 0 unspecified atom stereocenters. The van der Waals surface area contributed by atoms with E-state index in [-0.39, 0.29) is 5.75 Å². The van der Waals surface area contributed by atoms with Gasteiger partial charge in [-0.1, -0.05) is 18.2 Å². The maximum Gasteiger partial charge on any atom is 0.428 e. The number of benzene rings is 2. The first-order valence-electron chi connectivity index (χ1n) is 7.65. The lowest BCUT2D eigenvalue weighted by atomic mass is 10.2. The molecule has 130 valence electrons. The van der Waals surface area contributed by atoms with Crippen LogP contribution in [0.3, 0.4) is 0 Å². The zero-order valence-corrected chi connectivity index (χ0v) is 14.3. The molecule has 0 radical (unpaired) electrons. The minimum atomic E-state index is -0.678. The number of phenolic OH excluding ortho intramolecular Hbond substituents is 1. The van der Waals surface area contributed by atoms with Gasteiger partial charge in [0.25, 0.3) is 0 Å². The van der Waals surface area contributed by atoms with Crippen molar-refractivity contribution in [2.45, 2.75) is 26.4 Å². The van der Waals surface area contributed by atoms with Gasteiger partial charge in [0.15, 0.2) is 0 Å². The SMILES string of the molecule is CC(C)(C)OC(=O)NN=Cc1cc(N=Nc2ccccc2)ccc1O. The first-order valence-corrected chi connectivity index (χ1v) is 7.65. The maximum absolute atomic E-state index is 11.5. The number of phenols is 1. The quantitative estimate of drug-likeness (QED) is 0.481. The molecule has 0 aliphatic rings. The van der Waals surface area contributed by atoms with Gasteiger partial charge in [-0.2, -0.15) is 15.3 Å². The third-order valence-corrected chi connectivity index (χ3v) is 2.81. The van der Waals surface area contributed by atoms with Crippen molar-refractivity contribution in [2.75, 3.05) is 0 Å². The van der Waals surface area contributed by atoms with E-state index in [2.05, 4.69) is 20.8 Å². The number of ether oxygens (including phenoxy) is 1. The summed E-state index contributed by atoms with van der Waals surface area (Å²) in [5, 5.41) is 21.8. The molecule has 0 aromatic heterocycles. The topological polar surface area (TPSA) is 95.6 Å². The number of nitrogens with zero attached hydrogens (tertiary/aromatic N) is 3. The Balaban J connectivity index is 2.05. The van der Waals surface area contributed by atoms with Crippen molar-refractivity contribution < 1.29 is 14.6 Å². The molecule has 0 saturated heterocycles. The number of hydrogen-bond acceptors (Lipinski definition) is 6. The number of hydrazone groups is 1. The predicted molar refractivity (Wildman–Crippen MR) is 95.7 cm³/mol. The van der Waals surface area contributed by atoms with Gasteiger partial charge in [-0.25, -0.2) is 10.2 Å². The summed E-state index contributed by atoms with van der Waals surface area (Å²) in [6.07, 6.45) is 0.629. The fourth-order valence-corrected chi connectivity index (χ4v) is 1.77. The number of azo groups is 1. The molecule has 0 saturated carbocycles. The summed E-state index contributed by atoms with van der Waals surface area (Å²) in [6.45, 7) is 5.26. The fraction of sp³-hybridized carbons (Fsp3) is 0.222. The zero-order valence-electron chi connectivity index (χ0n) is 14.3. The summed E-state index contributed by atoms with van der Waals surface area (Å²) in [5.41, 5.74) is 3.27. The Morgan fingerprint density at radius 2 is 1.76 bits per heavy atom. The molecule has 0 aliphatic heterocycles. The minimum Gasteiger partial charge on any atom is -0.507 e. The molecule has 7 nitrogen and oxygen atoms in total. The fourth-order valence-electron chi connectivity index (χ4n) is 1.77. The Hall–Kier alpha value is -3.22. The average molecular weight is 340 g/mol. The van der Waals surface area contributed by atoms with Crippen molar-refractivity contribution in [3.8, 4) is 5.75 Å². The molecular weight excluding hydrogens is 320 g/mol. The Kier molecular flexibility index (Phi) is 5.84. The molecule has 2 aromatic carbocycles. The summed E-state index contributed by atoms with van der Waals surface area (Å²) in [7, 11) is 0. The largest absolute Gasteiger partial charge is 0.507 e. The monoisotopic (exact) mass is 340 g/mol. The van der Waals surface area contributed by atoms with Crippen LogP contribution < -0.4 is 5.43 Å². The zero-order chi connectivity index (χ0) is 18.3. The van der Waals surface area contributed by atoms with Gasteiger partial charge in [-0.05, 0) is 51.1 Å². The van der Waals surface area contributed by atoms with E-state index in [0.29, 0.717) is 11.3 Å². The summed E-state index contributed by atoms with van der Waals surface area (Å²) >= 11 is 0. The van der Waals surface area contributed by atoms with E-state index >= 15 is 0 Å². The molecule has 7 heteroatoms. The Morgan fingerprint density at radius 3 is 2.44 bits per heavy atom. The van der Waals surface area contributed by atoms with Crippen LogP contribution in [0.2, 0.25) is 0 Å². The van der Waals surface area contributed by atoms with Gasteiger partial charge >= 0.3 is 6.09 Å². The van der Waals surface area contributed by atoms with Crippen LogP contribution in [0.1, 0.15) is 26.3 Å². The highest BCUT2D eigenvalue weighted by molar-refractivity contribution is 5.85. The van der Waals surface area contributed by atoms with Crippen LogP contribution in [-0.4, -0.2) is 23.0 Å². The molecule has 0 fully saturated rings. The van der Waals surface area contributed by atoms with E-state index in [1.807, 2.05) is 30.3 Å². The van der Waals surface area contributed by atoms with Gasteiger partial charge in [0, 0.05) is 5.56 Å². The Bertz CT molecular complexity index is 781. The lowest BCUT2D eigenvalue weighted by Crippen LogP contribution is -2.29. The number of nitrogens with one attached hydrogen (secondary N) is 1. The van der Waals surface area contributed by atoms with Gasteiger partial charge in [0.05, 0.1) is 17.6 Å². The Labute approximate surface area is 146 Å². The highest BCUT2D eigenvalue weighted by atomic mass is 16.6. The summed E-state index contributed by atoms with van der Waals surface area (Å²) in [6, 6.07) is 14.0. The third kappa shape index (κ3) is 6.42. The van der Waals surface area contributed by atoms with Crippen molar-refractivity contribution in [2.24, 2.45) is 15.3 Å². The summed E-state index contributed by atoms with van der Waals surface area (Å²) in [4.78, 5) is 11.5. The van der Waals surface area contributed by atoms with Crippen LogP contribution in [0, 0.1) is 0 Å². The molecular formula is C18H20N4O3. The molecule has 0 bridgehead atoms. The van der Waals surface area contributed by atoms with E-state index in [4.69, 9.17) is 4.74 Å². The van der Waals surface area contributed by atoms with Crippen molar-refractivity contribution >= 4 is 23.7 Å². The molecule has 0 heterocycles. The number of hydrogen-bond donors (Lipinski definition) is 2. The predicted octanol–water partition coefficient (Wildman–Crippen LogP) is 4.67. The van der Waals surface area contributed by atoms with Crippen LogP contribution in [-0.2, 0) is 4.74 Å². The van der Waals surface area contributed by atoms with Crippen LogP contribution in [0.5, 0.6) is 5.75 Å². The van der Waals surface area contributed by atoms with Crippen LogP contribution in [0.4, 0.5) is 16.2 Å². The van der Waals surface area contributed by atoms with Crippen LogP contribution in [0.25, 0.3) is 0 Å². The molecule has 0 spiro atoms. The standard InChI is InChI=1S/C18H20N4O3/c1-18(2,3)25-17(24)22-19-12-13-11-15(9-10-16(13)23)21-20-14-7-5-4-6-8-14/h4-12,23H,1-3H3,(H,22,24). The molecule has 2 aromatic rings. The Morgan fingerprint density at radius 1 is 1.08 bits per heavy atom. The van der Waals surface area contributed by atoms with Gasteiger partial charge in [0.1, 0.15) is 11.4 Å². The summed E-state index contributed by atoms with van der Waals surface area (Å²) < 4.78 is 5.06. The second kappa shape index (κ2) is 8.05. The minimum absolute atomic E-state index is 0.00778. The van der Waals surface area contributed by atoms with Gasteiger partial charge in [0.2, 0.25) is 0 Å². The lowest BCUT2D eigenvalue weighted by Gasteiger charge is -2.18. The molecule has 2 N–H and O–H groups in total. The van der Waals surface area contributed by atoms with Crippen molar-refractivity contribution in [3.63, 3.8) is 0 Å². The normalized spacial score (nSPS) is 11.8. The number of rotatable bonds is 4. The highest BCUT2D eigenvalue weighted by Crippen LogP contribution is 2.23. The van der Waals surface area contributed by atoms with Gasteiger partial charge in [-0.3, -0.25) is 0 Å².